The molecule has 2 heterocycles. The minimum atomic E-state index is -0.427. The highest BCUT2D eigenvalue weighted by Gasteiger charge is 2.42. The van der Waals surface area contributed by atoms with Crippen molar-refractivity contribution >= 4 is 94.1 Å². The van der Waals surface area contributed by atoms with Crippen LogP contribution in [0, 0.1) is 0 Å². The Morgan fingerprint density at radius 3 is 1.32 bits per heavy atom. The predicted molar refractivity (Wildman–Crippen MR) is 490 cm³/mol. The molecule has 0 aliphatic heterocycles. The molecule has 22 rings (SSSR count). The van der Waals surface area contributed by atoms with Crippen molar-refractivity contribution in [3.05, 3.63) is 428 Å². The highest BCUT2D eigenvalue weighted by molar-refractivity contribution is 6.20. The topological polar surface area (TPSA) is 16.3 Å². The molecule has 0 N–H and O–H groups in total. The van der Waals surface area contributed by atoms with Gasteiger partial charge in [0.25, 0.3) is 0 Å². The largest absolute Gasteiger partial charge is 0.309 e. The molecule has 3 aliphatic rings. The molecule has 0 saturated heterocycles. The summed E-state index contributed by atoms with van der Waals surface area (Å²) in [6.07, 6.45) is 6.83. The predicted octanol–water partition coefficient (Wildman–Crippen LogP) is 30.7. The van der Waals surface area contributed by atoms with Crippen LogP contribution in [0.1, 0.15) is 62.8 Å². The standard InChI is InChI=1S/C112H82N4/c1-111(2)93-54-22-16-47-88(93)106-86(51-30-55-94(106)111)84-45-18-25-59-98(84)116(105-65-33-63-103-109(105)90-49-21-27-61-100(90)114(103)81-42-12-7-13-43-81)101-69-68-76(73-34-8-5-9-35-73)72-92(101)78-39-28-38-77(71-78)83-50-29-53-91-107-87(52-31-56-95(107)112(3,4)110(83)91)85-46-19-24-58-97(85)115(96-57-23-17-44-82(96)79-67-66-74-36-14-15-37-75(74)70-79)104-64-32-62-102-108(104)89-48-20-26-60-99(89)113(102)80-40-10-6-11-41-80/h5-15,17-46,48-72H,16,47H2,1-4H3. The van der Waals surface area contributed by atoms with Gasteiger partial charge in [0.2, 0.25) is 0 Å². The molecule has 17 aromatic carbocycles. The first kappa shape index (κ1) is 68.5. The summed E-state index contributed by atoms with van der Waals surface area (Å²) in [5.41, 5.74) is 37.6. The summed E-state index contributed by atoms with van der Waals surface area (Å²) in [6, 6.07) is 145. The molecule has 550 valence electrons. The van der Waals surface area contributed by atoms with E-state index in [0.29, 0.717) is 0 Å². The average Bonchev–Trinajstić information content (AvgIpc) is 0.981. The van der Waals surface area contributed by atoms with E-state index in [-0.39, 0.29) is 5.41 Å². The lowest BCUT2D eigenvalue weighted by atomic mass is 9.78. The Morgan fingerprint density at radius 1 is 0.267 bits per heavy atom. The molecule has 116 heavy (non-hydrogen) atoms. The van der Waals surface area contributed by atoms with Crippen molar-refractivity contribution in [3.63, 3.8) is 0 Å². The molecule has 2 aromatic heterocycles. The van der Waals surface area contributed by atoms with Crippen molar-refractivity contribution in [2.75, 3.05) is 9.80 Å². The zero-order valence-electron chi connectivity index (χ0n) is 65.3. The lowest BCUT2D eigenvalue weighted by molar-refractivity contribution is 0.651. The second-order valence-corrected chi connectivity index (χ2v) is 32.4. The van der Waals surface area contributed by atoms with Crippen LogP contribution in [-0.2, 0) is 10.8 Å². The van der Waals surface area contributed by atoms with Crippen molar-refractivity contribution in [2.45, 2.75) is 51.4 Å². The van der Waals surface area contributed by atoms with Crippen LogP contribution >= 0.6 is 0 Å². The van der Waals surface area contributed by atoms with Gasteiger partial charge >= 0.3 is 0 Å². The van der Waals surface area contributed by atoms with Crippen LogP contribution in [0.4, 0.5) is 34.1 Å². The number of hydrogen-bond acceptors (Lipinski definition) is 2. The molecule has 0 unspecified atom stereocenters. The number of anilines is 6. The normalized spacial score (nSPS) is 13.7. The minimum Gasteiger partial charge on any atom is -0.309 e. The van der Waals surface area contributed by atoms with Gasteiger partial charge in [-0.05, 0) is 216 Å². The summed E-state index contributed by atoms with van der Waals surface area (Å²) in [7, 11) is 0. The lowest BCUT2D eigenvalue weighted by Crippen LogP contribution is -2.16. The highest BCUT2D eigenvalue weighted by atomic mass is 15.2. The van der Waals surface area contributed by atoms with E-state index in [1.54, 1.807) is 0 Å². The van der Waals surface area contributed by atoms with Crippen LogP contribution in [0.15, 0.2) is 406 Å². The summed E-state index contributed by atoms with van der Waals surface area (Å²) in [6.45, 7) is 9.74. The first-order valence-electron chi connectivity index (χ1n) is 40.8. The van der Waals surface area contributed by atoms with Crippen LogP contribution in [0.3, 0.4) is 0 Å². The number of hydrogen-bond donors (Lipinski definition) is 0. The third-order valence-corrected chi connectivity index (χ3v) is 25.3. The Bertz CT molecular complexity index is 7270. The van der Waals surface area contributed by atoms with Crippen molar-refractivity contribution in [3.8, 4) is 89.3 Å². The Hall–Kier alpha value is -14.3. The molecule has 0 saturated carbocycles. The van der Waals surface area contributed by atoms with Crippen LogP contribution < -0.4 is 9.80 Å². The number of benzene rings is 17. The van der Waals surface area contributed by atoms with Gasteiger partial charge in [0, 0.05) is 66.0 Å². The van der Waals surface area contributed by atoms with E-state index >= 15 is 0 Å². The van der Waals surface area contributed by atoms with Gasteiger partial charge in [-0.1, -0.05) is 325 Å². The maximum Gasteiger partial charge on any atom is 0.0562 e. The fourth-order valence-corrected chi connectivity index (χ4v) is 20.2. The highest BCUT2D eigenvalue weighted by Crippen LogP contribution is 2.60. The minimum absolute atomic E-state index is 0.146. The Labute approximate surface area is 677 Å². The number of nitrogens with zero attached hydrogens (tertiary/aromatic N) is 4. The molecule has 0 bridgehead atoms. The van der Waals surface area contributed by atoms with Crippen molar-refractivity contribution in [1.82, 2.24) is 9.13 Å². The number of fused-ring (bicyclic) bond motifs is 12. The molecular formula is C112H82N4. The van der Waals surface area contributed by atoms with E-state index in [9.17, 15) is 0 Å². The first-order valence-corrected chi connectivity index (χ1v) is 40.8. The zero-order chi connectivity index (χ0) is 77.3. The average molecular weight is 1480 g/mol. The monoisotopic (exact) mass is 1480 g/mol. The molecule has 3 aliphatic carbocycles. The molecule has 0 fully saturated rings. The van der Waals surface area contributed by atoms with E-state index < -0.39 is 5.41 Å². The molecule has 4 heteroatoms. The van der Waals surface area contributed by atoms with Gasteiger partial charge in [0.1, 0.15) is 0 Å². The van der Waals surface area contributed by atoms with Crippen molar-refractivity contribution in [1.29, 1.82) is 0 Å². The Balaban J connectivity index is 0.745. The van der Waals surface area contributed by atoms with Gasteiger partial charge in [0.15, 0.2) is 0 Å². The van der Waals surface area contributed by atoms with Crippen LogP contribution in [0.5, 0.6) is 0 Å². The van der Waals surface area contributed by atoms with Gasteiger partial charge < -0.3 is 18.9 Å². The second-order valence-electron chi connectivity index (χ2n) is 32.4. The zero-order valence-corrected chi connectivity index (χ0v) is 65.3. The number of allylic oxidation sites excluding steroid dienone is 4. The third-order valence-electron chi connectivity index (χ3n) is 25.3. The van der Waals surface area contributed by atoms with Crippen molar-refractivity contribution < 1.29 is 0 Å². The van der Waals surface area contributed by atoms with Gasteiger partial charge in [-0.25, -0.2) is 0 Å². The summed E-state index contributed by atoms with van der Waals surface area (Å²) in [5.74, 6) is 0. The van der Waals surface area contributed by atoms with E-state index in [2.05, 4.69) is 447 Å². The fraction of sp³-hybridized carbons (Fsp3) is 0.0714. The molecule has 0 amide bonds. The summed E-state index contributed by atoms with van der Waals surface area (Å²) < 4.78 is 4.89. The van der Waals surface area contributed by atoms with Gasteiger partial charge in [-0.15, -0.1) is 0 Å². The van der Waals surface area contributed by atoms with E-state index in [1.807, 2.05) is 0 Å². The van der Waals surface area contributed by atoms with Crippen LogP contribution in [-0.4, -0.2) is 9.13 Å². The molecular weight excluding hydrogens is 1400 g/mol. The number of para-hydroxylation sites is 7. The first-order chi connectivity index (χ1) is 57.1. The quantitative estimate of drug-likeness (QED) is 0.108. The molecule has 0 spiro atoms. The molecule has 4 nitrogen and oxygen atoms in total. The van der Waals surface area contributed by atoms with Crippen molar-refractivity contribution in [2.24, 2.45) is 0 Å². The SMILES string of the molecule is CC1(C)C2=C(CCC=C2)c2c(-c3ccccc3N(c3ccc(-c4ccccc4)cc3-c3cccc(-c4cccc5c4C(C)(C)c4cccc(-c6ccccc6N(c6ccccc6-c6ccc7ccccc7c6)c6cccc7c6c6ccccc6n7-c6ccccc6)c4-5)c3)c3cccc4c3c3ccccc3n4-c3ccccc3)cccc21. The summed E-state index contributed by atoms with van der Waals surface area (Å²) >= 11 is 0. The van der Waals surface area contributed by atoms with Crippen LogP contribution in [0.25, 0.3) is 149 Å². The lowest BCUT2D eigenvalue weighted by Gasteiger charge is -2.32. The second kappa shape index (κ2) is 27.2. The fourth-order valence-electron chi connectivity index (χ4n) is 20.2. The van der Waals surface area contributed by atoms with Gasteiger partial charge in [0.05, 0.1) is 56.2 Å². The molecule has 0 radical (unpaired) electrons. The summed E-state index contributed by atoms with van der Waals surface area (Å²) in [4.78, 5) is 5.20. The van der Waals surface area contributed by atoms with Gasteiger partial charge in [-0.2, -0.15) is 0 Å². The maximum absolute atomic E-state index is 2.62. The van der Waals surface area contributed by atoms with E-state index in [0.717, 1.165) is 125 Å². The Kier molecular flexibility index (Phi) is 16.1. The maximum atomic E-state index is 2.62. The molecule has 0 atom stereocenters. The van der Waals surface area contributed by atoms with Crippen LogP contribution in [0.2, 0.25) is 0 Å². The van der Waals surface area contributed by atoms with E-state index in [4.69, 9.17) is 0 Å². The number of rotatable bonds is 14. The smallest absolute Gasteiger partial charge is 0.0562 e. The Morgan fingerprint density at radius 2 is 0.690 bits per heavy atom. The van der Waals surface area contributed by atoms with Gasteiger partial charge in [-0.3, -0.25) is 0 Å². The number of aromatic nitrogens is 2. The third kappa shape index (κ3) is 10.7. The molecule has 19 aromatic rings. The van der Waals surface area contributed by atoms with E-state index in [1.165, 1.54) is 99.1 Å². The summed E-state index contributed by atoms with van der Waals surface area (Å²) in [5, 5.41) is 7.16.